The fourth-order valence-electron chi connectivity index (χ4n) is 2.47. The number of hydrogen-bond acceptors (Lipinski definition) is 3. The molecule has 3 N–H and O–H groups in total. The van der Waals surface area contributed by atoms with Crippen LogP contribution in [0.5, 0.6) is 5.75 Å². The number of amides is 2. The molecule has 0 radical (unpaired) electrons. The van der Waals surface area contributed by atoms with E-state index in [1.165, 1.54) is 0 Å². The molecule has 1 aromatic heterocycles. The van der Waals surface area contributed by atoms with Crippen molar-refractivity contribution in [2.75, 3.05) is 13.7 Å². The molecule has 128 valence electrons. The first-order valence-corrected chi connectivity index (χ1v) is 7.91. The molecule has 0 unspecified atom stereocenters. The van der Waals surface area contributed by atoms with Crippen LogP contribution in [0.25, 0.3) is 10.9 Å². The highest BCUT2D eigenvalue weighted by molar-refractivity contribution is 5.99. The van der Waals surface area contributed by atoms with E-state index in [0.29, 0.717) is 12.2 Å². The lowest BCUT2D eigenvalue weighted by Crippen LogP contribution is -2.36. The summed E-state index contributed by atoms with van der Waals surface area (Å²) in [6, 6.07) is 16.8. The van der Waals surface area contributed by atoms with Crippen molar-refractivity contribution in [3.8, 4) is 5.75 Å². The van der Waals surface area contributed by atoms with Gasteiger partial charge in [-0.25, -0.2) is 0 Å². The van der Waals surface area contributed by atoms with Gasteiger partial charge in [0.15, 0.2) is 0 Å². The minimum atomic E-state index is -0.329. The zero-order chi connectivity index (χ0) is 17.6. The molecular formula is C19H19N3O3. The second-order valence-electron chi connectivity index (χ2n) is 5.58. The van der Waals surface area contributed by atoms with Crippen LogP contribution in [0.15, 0.2) is 54.6 Å². The van der Waals surface area contributed by atoms with Crippen molar-refractivity contribution in [1.82, 2.24) is 15.6 Å². The molecule has 6 nitrogen and oxygen atoms in total. The van der Waals surface area contributed by atoms with Crippen molar-refractivity contribution in [3.05, 3.63) is 65.9 Å². The van der Waals surface area contributed by atoms with Gasteiger partial charge in [0.05, 0.1) is 13.7 Å². The third-order valence-electron chi connectivity index (χ3n) is 3.81. The molecule has 1 heterocycles. The molecule has 0 aliphatic heterocycles. The van der Waals surface area contributed by atoms with E-state index in [9.17, 15) is 9.59 Å². The average molecular weight is 337 g/mol. The molecule has 2 amide bonds. The Kier molecular flexibility index (Phi) is 4.99. The van der Waals surface area contributed by atoms with Crippen LogP contribution in [0.3, 0.4) is 0 Å². The summed E-state index contributed by atoms with van der Waals surface area (Å²) in [5.74, 6) is 0.152. The number of carbonyl (C=O) groups excluding carboxylic acids is 2. The lowest BCUT2D eigenvalue weighted by Gasteiger charge is -2.06. The minimum Gasteiger partial charge on any atom is -0.497 e. The largest absolute Gasteiger partial charge is 0.497 e. The van der Waals surface area contributed by atoms with E-state index in [4.69, 9.17) is 4.74 Å². The molecule has 6 heteroatoms. The summed E-state index contributed by atoms with van der Waals surface area (Å²) in [7, 11) is 1.59. The summed E-state index contributed by atoms with van der Waals surface area (Å²) >= 11 is 0. The third kappa shape index (κ3) is 4.17. The number of benzene rings is 2. The summed E-state index contributed by atoms with van der Waals surface area (Å²) < 4.78 is 5.17. The van der Waals surface area contributed by atoms with E-state index in [0.717, 1.165) is 22.2 Å². The Morgan fingerprint density at radius 1 is 1.04 bits per heavy atom. The van der Waals surface area contributed by atoms with Crippen LogP contribution in [0.1, 0.15) is 16.1 Å². The maximum absolute atomic E-state index is 12.2. The predicted octanol–water partition coefficient (Wildman–Crippen LogP) is 2.22. The standard InChI is InChI=1S/C19H19N3O3/c1-25-15-7-8-16-14(9-15)10-17(22-16)19(24)21-12-18(23)20-11-13-5-3-2-4-6-13/h2-10,22H,11-12H2,1H3,(H,20,23)(H,21,24). The quantitative estimate of drug-likeness (QED) is 0.645. The second kappa shape index (κ2) is 7.53. The van der Waals surface area contributed by atoms with Gasteiger partial charge in [0, 0.05) is 17.4 Å². The van der Waals surface area contributed by atoms with Crippen LogP contribution < -0.4 is 15.4 Å². The lowest BCUT2D eigenvalue weighted by molar-refractivity contribution is -0.120. The Balaban J connectivity index is 1.54. The van der Waals surface area contributed by atoms with Crippen molar-refractivity contribution in [1.29, 1.82) is 0 Å². The number of fused-ring (bicyclic) bond motifs is 1. The van der Waals surface area contributed by atoms with Crippen LogP contribution in [0.4, 0.5) is 0 Å². The topological polar surface area (TPSA) is 83.2 Å². The van der Waals surface area contributed by atoms with Gasteiger partial charge in [0.25, 0.3) is 5.91 Å². The second-order valence-corrected chi connectivity index (χ2v) is 5.58. The van der Waals surface area contributed by atoms with E-state index in [2.05, 4.69) is 15.6 Å². The van der Waals surface area contributed by atoms with Gasteiger partial charge in [0.1, 0.15) is 11.4 Å². The van der Waals surface area contributed by atoms with Gasteiger partial charge in [-0.1, -0.05) is 30.3 Å². The zero-order valence-electron chi connectivity index (χ0n) is 13.8. The molecule has 2 aromatic carbocycles. The molecule has 0 atom stereocenters. The zero-order valence-corrected chi connectivity index (χ0v) is 13.8. The molecule has 0 saturated heterocycles. The van der Waals surface area contributed by atoms with Gasteiger partial charge in [0.2, 0.25) is 5.91 Å². The van der Waals surface area contributed by atoms with Gasteiger partial charge in [-0.05, 0) is 29.8 Å². The number of methoxy groups -OCH3 is 1. The van der Waals surface area contributed by atoms with Crippen LogP contribution in [-0.2, 0) is 11.3 Å². The van der Waals surface area contributed by atoms with Crippen molar-refractivity contribution >= 4 is 22.7 Å². The first kappa shape index (κ1) is 16.6. The minimum absolute atomic E-state index is 0.0790. The number of carbonyl (C=O) groups is 2. The number of rotatable bonds is 6. The van der Waals surface area contributed by atoms with Crippen molar-refractivity contribution in [3.63, 3.8) is 0 Å². The summed E-state index contributed by atoms with van der Waals surface area (Å²) in [6.07, 6.45) is 0. The SMILES string of the molecule is COc1ccc2[nH]c(C(=O)NCC(=O)NCc3ccccc3)cc2c1. The predicted molar refractivity (Wildman–Crippen MR) is 95.5 cm³/mol. The highest BCUT2D eigenvalue weighted by Gasteiger charge is 2.11. The van der Waals surface area contributed by atoms with Crippen molar-refractivity contribution in [2.24, 2.45) is 0 Å². The third-order valence-corrected chi connectivity index (χ3v) is 3.81. The van der Waals surface area contributed by atoms with Crippen molar-refractivity contribution < 1.29 is 14.3 Å². The summed E-state index contributed by atoms with van der Waals surface area (Å²) in [6.45, 7) is 0.353. The van der Waals surface area contributed by atoms with Gasteiger partial charge in [-0.2, -0.15) is 0 Å². The van der Waals surface area contributed by atoms with Crippen LogP contribution >= 0.6 is 0 Å². The van der Waals surface area contributed by atoms with Gasteiger partial charge >= 0.3 is 0 Å². The smallest absolute Gasteiger partial charge is 0.268 e. The molecular weight excluding hydrogens is 318 g/mol. The summed E-state index contributed by atoms with van der Waals surface area (Å²) in [4.78, 5) is 27.1. The fraction of sp³-hybridized carbons (Fsp3) is 0.158. The maximum Gasteiger partial charge on any atom is 0.268 e. The highest BCUT2D eigenvalue weighted by atomic mass is 16.5. The monoisotopic (exact) mass is 337 g/mol. The van der Waals surface area contributed by atoms with Crippen LogP contribution in [0, 0.1) is 0 Å². The Bertz CT molecular complexity index is 887. The number of H-pyrrole nitrogens is 1. The normalized spacial score (nSPS) is 10.4. The molecule has 0 aliphatic carbocycles. The molecule has 0 fully saturated rings. The van der Waals surface area contributed by atoms with E-state index < -0.39 is 0 Å². The first-order valence-electron chi connectivity index (χ1n) is 7.91. The number of nitrogens with one attached hydrogen (secondary N) is 3. The molecule has 3 aromatic rings. The van der Waals surface area contributed by atoms with E-state index in [1.54, 1.807) is 13.2 Å². The van der Waals surface area contributed by atoms with E-state index in [1.807, 2.05) is 48.5 Å². The molecule has 0 saturated carbocycles. The van der Waals surface area contributed by atoms with Gasteiger partial charge in [-0.3, -0.25) is 9.59 Å². The van der Waals surface area contributed by atoms with Crippen LogP contribution in [0.2, 0.25) is 0 Å². The maximum atomic E-state index is 12.2. The Hall–Kier alpha value is -3.28. The van der Waals surface area contributed by atoms with E-state index >= 15 is 0 Å². The Morgan fingerprint density at radius 2 is 1.84 bits per heavy atom. The summed E-state index contributed by atoms with van der Waals surface area (Å²) in [5.41, 5.74) is 2.24. The average Bonchev–Trinajstić information content (AvgIpc) is 3.08. The molecule has 0 aliphatic rings. The number of aromatic amines is 1. The fourth-order valence-corrected chi connectivity index (χ4v) is 2.47. The molecule has 25 heavy (non-hydrogen) atoms. The number of ether oxygens (including phenoxy) is 1. The lowest BCUT2D eigenvalue weighted by atomic mass is 10.2. The first-order chi connectivity index (χ1) is 12.2. The van der Waals surface area contributed by atoms with Crippen molar-refractivity contribution in [2.45, 2.75) is 6.54 Å². The highest BCUT2D eigenvalue weighted by Crippen LogP contribution is 2.21. The molecule has 3 rings (SSSR count). The Labute approximate surface area is 145 Å². The molecule has 0 spiro atoms. The number of aromatic nitrogens is 1. The summed E-state index contributed by atoms with van der Waals surface area (Å²) in [5, 5.41) is 6.25. The Morgan fingerprint density at radius 3 is 2.60 bits per heavy atom. The van der Waals surface area contributed by atoms with Gasteiger partial charge < -0.3 is 20.4 Å². The molecule has 0 bridgehead atoms. The van der Waals surface area contributed by atoms with E-state index in [-0.39, 0.29) is 18.4 Å². The van der Waals surface area contributed by atoms with Gasteiger partial charge in [-0.15, -0.1) is 0 Å². The van der Waals surface area contributed by atoms with Crippen LogP contribution in [-0.4, -0.2) is 30.5 Å². The number of hydrogen-bond donors (Lipinski definition) is 3.